The van der Waals surface area contributed by atoms with Crippen molar-refractivity contribution < 1.29 is 28.0 Å². The molecule has 10 heteroatoms. The van der Waals surface area contributed by atoms with E-state index in [0.29, 0.717) is 0 Å². The molecular formula is C14H12N2O7S. The Balaban J connectivity index is 2.47. The fraction of sp³-hybridized carbons (Fsp3) is 0.0714. The molecule has 0 aliphatic rings. The maximum absolute atomic E-state index is 12.5. The molecule has 0 aliphatic carbocycles. The maximum Gasteiger partial charge on any atom is 0.335 e. The van der Waals surface area contributed by atoms with Crippen molar-refractivity contribution in [1.82, 2.24) is 0 Å². The molecule has 126 valence electrons. The predicted octanol–water partition coefficient (Wildman–Crippen LogP) is 2.10. The highest BCUT2D eigenvalue weighted by molar-refractivity contribution is 7.92. The van der Waals surface area contributed by atoms with Crippen molar-refractivity contribution in [3.05, 3.63) is 58.1 Å². The molecule has 0 heterocycles. The van der Waals surface area contributed by atoms with Crippen molar-refractivity contribution in [2.75, 3.05) is 11.8 Å². The van der Waals surface area contributed by atoms with Gasteiger partial charge in [0, 0.05) is 12.1 Å². The number of ether oxygens (including phenoxy) is 1. The van der Waals surface area contributed by atoms with Crippen LogP contribution in [0.5, 0.6) is 5.75 Å². The number of nitro benzene ring substituents is 1. The van der Waals surface area contributed by atoms with E-state index in [1.807, 2.05) is 0 Å². The number of sulfonamides is 1. The fourth-order valence-electron chi connectivity index (χ4n) is 1.91. The number of non-ortho nitro benzene ring substituents is 1. The molecule has 0 aliphatic heterocycles. The number of carboxylic acid groups (broad SMARTS) is 1. The summed E-state index contributed by atoms with van der Waals surface area (Å²) in [5.74, 6) is -1.36. The van der Waals surface area contributed by atoms with Crippen molar-refractivity contribution in [2.24, 2.45) is 0 Å². The lowest BCUT2D eigenvalue weighted by atomic mass is 10.2. The van der Waals surface area contributed by atoms with E-state index >= 15 is 0 Å². The summed E-state index contributed by atoms with van der Waals surface area (Å²) in [6.45, 7) is 0. The average molecular weight is 352 g/mol. The minimum Gasteiger partial charge on any atom is -0.495 e. The summed E-state index contributed by atoms with van der Waals surface area (Å²) < 4.78 is 32.1. The largest absolute Gasteiger partial charge is 0.495 e. The lowest BCUT2D eigenvalue weighted by molar-refractivity contribution is -0.384. The van der Waals surface area contributed by atoms with Crippen molar-refractivity contribution in [1.29, 1.82) is 0 Å². The van der Waals surface area contributed by atoms with E-state index in [9.17, 15) is 23.3 Å². The quantitative estimate of drug-likeness (QED) is 0.600. The summed E-state index contributed by atoms with van der Waals surface area (Å²) in [7, 11) is -2.98. The zero-order valence-electron chi connectivity index (χ0n) is 12.3. The van der Waals surface area contributed by atoms with E-state index in [-0.39, 0.29) is 22.7 Å². The third-order valence-electron chi connectivity index (χ3n) is 3.01. The first-order valence-electron chi connectivity index (χ1n) is 6.43. The van der Waals surface area contributed by atoms with Gasteiger partial charge in [-0.25, -0.2) is 13.2 Å². The van der Waals surface area contributed by atoms with Gasteiger partial charge in [0.2, 0.25) is 0 Å². The molecule has 9 nitrogen and oxygen atoms in total. The number of nitro groups is 1. The van der Waals surface area contributed by atoms with Gasteiger partial charge in [-0.1, -0.05) is 6.07 Å². The second kappa shape index (κ2) is 6.54. The maximum atomic E-state index is 12.5. The van der Waals surface area contributed by atoms with Crippen LogP contribution in [0.1, 0.15) is 10.4 Å². The number of aromatic carboxylic acids is 1. The molecule has 24 heavy (non-hydrogen) atoms. The van der Waals surface area contributed by atoms with E-state index in [1.165, 1.54) is 37.4 Å². The molecule has 2 aromatic carbocycles. The Morgan fingerprint density at radius 2 is 1.96 bits per heavy atom. The third kappa shape index (κ3) is 3.60. The SMILES string of the molecule is COc1ccc(C(=O)O)cc1S(=O)(=O)Nc1cccc([N+](=O)[O-])c1. The number of hydrogen-bond donors (Lipinski definition) is 2. The molecular weight excluding hydrogens is 340 g/mol. The molecule has 0 saturated carbocycles. The van der Waals surface area contributed by atoms with Crippen LogP contribution in [0.25, 0.3) is 0 Å². The van der Waals surface area contributed by atoms with Crippen LogP contribution in [0.15, 0.2) is 47.4 Å². The average Bonchev–Trinajstić information content (AvgIpc) is 2.53. The van der Waals surface area contributed by atoms with E-state index in [1.54, 1.807) is 0 Å². The Kier molecular flexibility index (Phi) is 4.69. The van der Waals surface area contributed by atoms with E-state index in [0.717, 1.165) is 12.1 Å². The van der Waals surface area contributed by atoms with E-state index in [4.69, 9.17) is 9.84 Å². The minimum absolute atomic E-state index is 0.0352. The van der Waals surface area contributed by atoms with Crippen LogP contribution in [0.4, 0.5) is 11.4 Å². The van der Waals surface area contributed by atoms with Gasteiger partial charge in [-0.05, 0) is 24.3 Å². The van der Waals surface area contributed by atoms with Gasteiger partial charge >= 0.3 is 5.97 Å². The summed E-state index contributed by atoms with van der Waals surface area (Å²) >= 11 is 0. The van der Waals surface area contributed by atoms with Crippen LogP contribution < -0.4 is 9.46 Å². The minimum atomic E-state index is -4.22. The lowest BCUT2D eigenvalue weighted by Crippen LogP contribution is -2.15. The Morgan fingerprint density at radius 3 is 2.54 bits per heavy atom. The topological polar surface area (TPSA) is 136 Å². The Labute approximate surface area is 136 Å². The number of hydrogen-bond acceptors (Lipinski definition) is 6. The van der Waals surface area contributed by atoms with Gasteiger partial charge < -0.3 is 9.84 Å². The molecule has 0 amide bonds. The van der Waals surface area contributed by atoms with E-state index in [2.05, 4.69) is 4.72 Å². The molecule has 0 aromatic heterocycles. The zero-order chi connectivity index (χ0) is 17.9. The highest BCUT2D eigenvalue weighted by atomic mass is 32.2. The smallest absolute Gasteiger partial charge is 0.335 e. The fourth-order valence-corrected chi connectivity index (χ4v) is 3.16. The summed E-state index contributed by atoms with van der Waals surface area (Å²) in [6.07, 6.45) is 0. The van der Waals surface area contributed by atoms with Crippen molar-refractivity contribution >= 4 is 27.4 Å². The van der Waals surface area contributed by atoms with Crippen LogP contribution in [0.3, 0.4) is 0 Å². The molecule has 2 N–H and O–H groups in total. The number of anilines is 1. The lowest BCUT2D eigenvalue weighted by Gasteiger charge is -2.12. The first-order chi connectivity index (χ1) is 11.2. The molecule has 0 spiro atoms. The molecule has 0 atom stereocenters. The predicted molar refractivity (Wildman–Crippen MR) is 83.9 cm³/mol. The van der Waals surface area contributed by atoms with Gasteiger partial charge in [-0.15, -0.1) is 0 Å². The second-order valence-electron chi connectivity index (χ2n) is 4.58. The first kappa shape index (κ1) is 17.2. The Morgan fingerprint density at radius 1 is 1.25 bits per heavy atom. The van der Waals surface area contributed by atoms with Gasteiger partial charge in [0.05, 0.1) is 23.3 Å². The molecule has 0 saturated heterocycles. The van der Waals surface area contributed by atoms with Crippen LogP contribution in [-0.2, 0) is 10.0 Å². The van der Waals surface area contributed by atoms with Gasteiger partial charge in [0.15, 0.2) is 0 Å². The summed E-state index contributed by atoms with van der Waals surface area (Å²) in [4.78, 5) is 20.7. The summed E-state index contributed by atoms with van der Waals surface area (Å²) in [6, 6.07) is 8.27. The Bertz CT molecular complexity index is 909. The third-order valence-corrected chi connectivity index (χ3v) is 4.41. The number of benzene rings is 2. The normalized spacial score (nSPS) is 10.9. The van der Waals surface area contributed by atoms with Crippen LogP contribution in [0, 0.1) is 10.1 Å². The van der Waals surface area contributed by atoms with Crippen molar-refractivity contribution in [3.8, 4) is 5.75 Å². The molecule has 0 unspecified atom stereocenters. The van der Waals surface area contributed by atoms with Gasteiger partial charge in [0.25, 0.3) is 15.7 Å². The molecule has 2 rings (SSSR count). The second-order valence-corrected chi connectivity index (χ2v) is 6.23. The zero-order valence-corrected chi connectivity index (χ0v) is 13.1. The molecule has 2 aromatic rings. The van der Waals surface area contributed by atoms with Crippen LogP contribution in [0.2, 0.25) is 0 Å². The monoisotopic (exact) mass is 352 g/mol. The molecule has 0 bridgehead atoms. The van der Waals surface area contributed by atoms with Gasteiger partial charge in [-0.2, -0.15) is 0 Å². The number of nitrogens with one attached hydrogen (secondary N) is 1. The van der Waals surface area contributed by atoms with Crippen molar-refractivity contribution in [2.45, 2.75) is 4.90 Å². The Hall–Kier alpha value is -3.14. The van der Waals surface area contributed by atoms with Gasteiger partial charge in [0.1, 0.15) is 10.6 Å². The number of rotatable bonds is 6. The standard InChI is InChI=1S/C14H12N2O7S/c1-23-12-6-5-9(14(17)18)7-13(12)24(21,22)15-10-3-2-4-11(8-10)16(19)20/h2-8,15H,1H3,(H,17,18). The first-order valence-corrected chi connectivity index (χ1v) is 7.91. The summed E-state index contributed by atoms with van der Waals surface area (Å²) in [5, 5.41) is 19.7. The summed E-state index contributed by atoms with van der Waals surface area (Å²) in [5.41, 5.74) is -0.566. The highest BCUT2D eigenvalue weighted by Gasteiger charge is 2.22. The van der Waals surface area contributed by atoms with Crippen LogP contribution in [-0.4, -0.2) is 31.5 Å². The number of methoxy groups -OCH3 is 1. The molecule has 0 fully saturated rings. The van der Waals surface area contributed by atoms with Gasteiger partial charge in [-0.3, -0.25) is 14.8 Å². The highest BCUT2D eigenvalue weighted by Crippen LogP contribution is 2.28. The number of nitrogens with zero attached hydrogens (tertiary/aromatic N) is 1. The number of carboxylic acids is 1. The van der Waals surface area contributed by atoms with Crippen molar-refractivity contribution in [3.63, 3.8) is 0 Å². The molecule has 0 radical (unpaired) electrons. The van der Waals surface area contributed by atoms with E-state index < -0.39 is 25.8 Å². The number of carbonyl (C=O) groups is 1. The van der Waals surface area contributed by atoms with Crippen LogP contribution >= 0.6 is 0 Å².